The highest BCUT2D eigenvalue weighted by Crippen LogP contribution is 2.36. The molecule has 13 heteroatoms. The molecule has 3 fully saturated rings. The second-order valence-corrected chi connectivity index (χ2v) is 14.9. The summed E-state index contributed by atoms with van der Waals surface area (Å²) in [5.74, 6) is -0.562. The van der Waals surface area contributed by atoms with Crippen LogP contribution in [-0.2, 0) is 23.2 Å². The minimum absolute atomic E-state index is 0.121. The molecule has 54 heavy (non-hydrogen) atoms. The quantitative estimate of drug-likeness (QED) is 0.134. The normalized spacial score (nSPS) is 19.6. The molecule has 2 N–H and O–H groups in total. The van der Waals surface area contributed by atoms with Crippen molar-refractivity contribution >= 4 is 28.3 Å². The maximum Gasteiger partial charge on any atom is 0.573 e. The zero-order valence-corrected chi connectivity index (χ0v) is 30.3. The van der Waals surface area contributed by atoms with E-state index in [1.807, 2.05) is 0 Å². The average molecular weight is 748 g/mol. The zero-order valence-electron chi connectivity index (χ0n) is 30.3. The molecule has 7 rings (SSSR count). The van der Waals surface area contributed by atoms with E-state index in [0.29, 0.717) is 57.6 Å². The number of fused-ring (bicyclic) bond motifs is 1. The predicted molar refractivity (Wildman–Crippen MR) is 199 cm³/mol. The summed E-state index contributed by atoms with van der Waals surface area (Å²) in [4.78, 5) is 40.8. The van der Waals surface area contributed by atoms with Gasteiger partial charge in [-0.1, -0.05) is 36.4 Å². The molecule has 3 aliphatic heterocycles. The number of piperidine rings is 3. The van der Waals surface area contributed by atoms with Crippen LogP contribution in [0, 0.1) is 11.7 Å². The highest BCUT2D eigenvalue weighted by Gasteiger charge is 2.33. The topological polar surface area (TPSA) is 95.9 Å². The highest BCUT2D eigenvalue weighted by atomic mass is 19.4. The van der Waals surface area contributed by atoms with Crippen molar-refractivity contribution in [3.63, 3.8) is 0 Å². The summed E-state index contributed by atoms with van der Waals surface area (Å²) >= 11 is 0. The van der Waals surface area contributed by atoms with E-state index in [9.17, 15) is 27.6 Å². The number of anilines is 1. The summed E-state index contributed by atoms with van der Waals surface area (Å²) in [6, 6.07) is 16.5. The van der Waals surface area contributed by atoms with Crippen LogP contribution in [0.25, 0.3) is 21.9 Å². The summed E-state index contributed by atoms with van der Waals surface area (Å²) in [7, 11) is 1.63. The summed E-state index contributed by atoms with van der Waals surface area (Å²) in [5.41, 5.74) is 2.69. The number of carbonyl (C=O) groups excluding carboxylic acids is 2. The lowest BCUT2D eigenvalue weighted by Gasteiger charge is -2.35. The Hall–Kier alpha value is -4.75. The molecule has 3 saturated heterocycles. The molecular weight excluding hydrogens is 702 g/mol. The zero-order chi connectivity index (χ0) is 38.0. The van der Waals surface area contributed by atoms with Gasteiger partial charge < -0.3 is 19.5 Å². The second-order valence-electron chi connectivity index (χ2n) is 14.9. The van der Waals surface area contributed by atoms with Gasteiger partial charge in [0.05, 0.1) is 0 Å². The monoisotopic (exact) mass is 747 g/mol. The second kappa shape index (κ2) is 15.9. The van der Waals surface area contributed by atoms with E-state index >= 15 is 4.39 Å². The molecule has 0 spiro atoms. The van der Waals surface area contributed by atoms with Crippen LogP contribution in [-0.4, -0.2) is 71.3 Å². The Balaban J connectivity index is 0.898. The standard InChI is InChI=1S/C41H45F4N5O4/c1-48-25-34(32-4-2-3-5-33(32)40(48)53)28-6-7-29(37(22-28)54-41(43,44)45)24-50-18-13-26(14-19-50)12-17-49-20-15-27(16-21-49)31-9-8-30(23-35(31)42)46-36-10-11-38(51)47-39(36)52/h2-9,22-23,25-27,36,46H,10-21,24H2,1H3,(H,47,51,52). The van der Waals surface area contributed by atoms with Crippen LogP contribution in [0.5, 0.6) is 5.75 Å². The van der Waals surface area contributed by atoms with Crippen LogP contribution < -0.4 is 20.9 Å². The molecule has 4 heterocycles. The van der Waals surface area contributed by atoms with Crippen molar-refractivity contribution in [3.8, 4) is 16.9 Å². The van der Waals surface area contributed by atoms with Crippen molar-refractivity contribution in [2.24, 2.45) is 13.0 Å². The molecule has 286 valence electrons. The first-order valence-corrected chi connectivity index (χ1v) is 18.7. The van der Waals surface area contributed by atoms with Crippen LogP contribution in [0.1, 0.15) is 62.0 Å². The summed E-state index contributed by atoms with van der Waals surface area (Å²) in [5, 5.41) is 6.52. The first-order chi connectivity index (χ1) is 25.9. The maximum absolute atomic E-state index is 15.2. The summed E-state index contributed by atoms with van der Waals surface area (Å²) in [6.45, 7) is 4.61. The van der Waals surface area contributed by atoms with Gasteiger partial charge in [0.2, 0.25) is 11.8 Å². The van der Waals surface area contributed by atoms with Gasteiger partial charge in [0, 0.05) is 48.4 Å². The van der Waals surface area contributed by atoms with Crippen LogP contribution in [0.15, 0.2) is 71.7 Å². The summed E-state index contributed by atoms with van der Waals surface area (Å²) in [6.07, 6.45) is 2.09. The Labute approximate surface area is 311 Å². The summed E-state index contributed by atoms with van der Waals surface area (Å²) < 4.78 is 62.0. The Morgan fingerprint density at radius 1 is 0.870 bits per heavy atom. The first kappa shape index (κ1) is 37.6. The predicted octanol–water partition coefficient (Wildman–Crippen LogP) is 6.94. The van der Waals surface area contributed by atoms with Crippen LogP contribution >= 0.6 is 0 Å². The maximum atomic E-state index is 15.2. The van der Waals surface area contributed by atoms with E-state index in [0.717, 1.165) is 64.8 Å². The SMILES string of the molecule is Cn1cc(-c2ccc(CN3CCC(CCN4CCC(c5ccc(NC6CCC(=O)NC6=O)cc5F)CC4)CC3)c(OC(F)(F)F)c2)c2ccccc2c1=O. The molecule has 3 aromatic carbocycles. The molecule has 0 bridgehead atoms. The number of nitrogens with one attached hydrogen (secondary N) is 2. The van der Waals surface area contributed by atoms with E-state index < -0.39 is 18.3 Å². The number of imide groups is 1. The van der Waals surface area contributed by atoms with Crippen molar-refractivity contribution in [2.75, 3.05) is 38.0 Å². The molecule has 0 aliphatic carbocycles. The molecule has 1 aromatic heterocycles. The van der Waals surface area contributed by atoms with Gasteiger partial charge in [0.25, 0.3) is 5.56 Å². The van der Waals surface area contributed by atoms with Crippen LogP contribution in [0.3, 0.4) is 0 Å². The van der Waals surface area contributed by atoms with Gasteiger partial charge in [0.1, 0.15) is 17.6 Å². The molecule has 4 aromatic rings. The van der Waals surface area contributed by atoms with E-state index in [4.69, 9.17) is 0 Å². The van der Waals surface area contributed by atoms with Crippen molar-refractivity contribution in [1.82, 2.24) is 19.7 Å². The number of hydrogen-bond donors (Lipinski definition) is 2. The molecule has 2 amide bonds. The molecule has 1 unspecified atom stereocenters. The van der Waals surface area contributed by atoms with Gasteiger partial charge in [-0.25, -0.2) is 4.39 Å². The van der Waals surface area contributed by atoms with Gasteiger partial charge in [0.15, 0.2) is 0 Å². The van der Waals surface area contributed by atoms with Crippen molar-refractivity contribution in [2.45, 2.75) is 69.8 Å². The number of halogens is 4. The largest absolute Gasteiger partial charge is 0.573 e. The van der Waals surface area contributed by atoms with Crippen molar-refractivity contribution in [1.29, 1.82) is 0 Å². The highest BCUT2D eigenvalue weighted by molar-refractivity contribution is 6.01. The van der Waals surface area contributed by atoms with E-state index in [1.165, 1.54) is 16.7 Å². The molecule has 0 saturated carbocycles. The van der Waals surface area contributed by atoms with Crippen molar-refractivity contribution < 1.29 is 31.9 Å². The third-order valence-electron chi connectivity index (χ3n) is 11.3. The van der Waals surface area contributed by atoms with E-state index in [-0.39, 0.29) is 35.4 Å². The van der Waals surface area contributed by atoms with Crippen LogP contribution in [0.2, 0.25) is 0 Å². The number of ether oxygens (including phenoxy) is 1. The number of aromatic nitrogens is 1. The minimum atomic E-state index is -4.85. The number of amides is 2. The molecule has 0 radical (unpaired) electrons. The Morgan fingerprint density at radius 3 is 2.30 bits per heavy atom. The van der Waals surface area contributed by atoms with Gasteiger partial charge >= 0.3 is 6.36 Å². The molecular formula is C41H45F4N5O4. The van der Waals surface area contributed by atoms with Gasteiger partial charge in [-0.05, 0) is 124 Å². The Bertz CT molecular complexity index is 2070. The first-order valence-electron chi connectivity index (χ1n) is 18.7. The number of benzene rings is 3. The Kier molecular flexibility index (Phi) is 11.1. The lowest BCUT2D eigenvalue weighted by molar-refractivity contribution is -0.275. The number of hydrogen-bond acceptors (Lipinski definition) is 7. The number of alkyl halides is 3. The smallest absolute Gasteiger partial charge is 0.405 e. The third kappa shape index (κ3) is 8.79. The van der Waals surface area contributed by atoms with Gasteiger partial charge in [-0.3, -0.25) is 24.6 Å². The fourth-order valence-corrected chi connectivity index (χ4v) is 8.21. The Morgan fingerprint density at radius 2 is 1.59 bits per heavy atom. The minimum Gasteiger partial charge on any atom is -0.405 e. The lowest BCUT2D eigenvalue weighted by Crippen LogP contribution is -2.47. The molecule has 3 aliphatic rings. The molecule has 1 atom stereocenters. The number of rotatable bonds is 10. The number of nitrogens with zero attached hydrogens (tertiary/aromatic N) is 3. The van der Waals surface area contributed by atoms with E-state index in [2.05, 4.69) is 25.2 Å². The molecule has 9 nitrogen and oxygen atoms in total. The van der Waals surface area contributed by atoms with E-state index in [1.54, 1.807) is 61.8 Å². The number of pyridine rings is 1. The number of aryl methyl sites for hydroxylation is 1. The number of carbonyl (C=O) groups is 2. The third-order valence-corrected chi connectivity index (χ3v) is 11.3. The fourth-order valence-electron chi connectivity index (χ4n) is 8.21. The average Bonchev–Trinajstić information content (AvgIpc) is 3.14. The fraction of sp³-hybridized carbons (Fsp3) is 0.439. The van der Waals surface area contributed by atoms with Crippen molar-refractivity contribution in [3.05, 3.63) is 94.2 Å². The number of likely N-dealkylation sites (tertiary alicyclic amines) is 2. The lowest BCUT2D eigenvalue weighted by atomic mass is 9.88. The van der Waals surface area contributed by atoms with Gasteiger partial charge in [-0.2, -0.15) is 0 Å². The van der Waals surface area contributed by atoms with Gasteiger partial charge in [-0.15, -0.1) is 13.2 Å². The van der Waals surface area contributed by atoms with Crippen LogP contribution in [0.4, 0.5) is 23.2 Å².